The van der Waals surface area contributed by atoms with E-state index in [1.54, 1.807) is 4.31 Å². The quantitative estimate of drug-likeness (QED) is 0.649. The summed E-state index contributed by atoms with van der Waals surface area (Å²) in [5.74, 6) is 0.299. The normalized spacial score (nSPS) is 33.3. The number of morpholine rings is 1. The van der Waals surface area contributed by atoms with Crippen LogP contribution in [0.1, 0.15) is 6.42 Å². The minimum atomic E-state index is -2.96. The van der Waals surface area contributed by atoms with Crippen LogP contribution in [0.5, 0.6) is 0 Å². The van der Waals surface area contributed by atoms with Gasteiger partial charge in [-0.1, -0.05) is 0 Å². The van der Waals surface area contributed by atoms with Gasteiger partial charge in [0.05, 0.1) is 18.5 Å². The Kier molecular flexibility index (Phi) is 3.06. The lowest BCUT2D eigenvalue weighted by Crippen LogP contribution is -2.45. The Hall–Kier alpha value is -0.170. The van der Waals surface area contributed by atoms with E-state index >= 15 is 0 Å². The molecule has 82 valence electrons. The van der Waals surface area contributed by atoms with Crippen molar-refractivity contribution >= 4 is 10.0 Å². The Bertz CT molecular complexity index is 285. The van der Waals surface area contributed by atoms with Crippen LogP contribution in [0.3, 0.4) is 0 Å². The van der Waals surface area contributed by atoms with Gasteiger partial charge in [0, 0.05) is 26.2 Å². The molecule has 0 bridgehead atoms. The Balaban J connectivity index is 1.90. The van der Waals surface area contributed by atoms with E-state index < -0.39 is 10.0 Å². The van der Waals surface area contributed by atoms with Crippen LogP contribution in [-0.4, -0.2) is 57.4 Å². The van der Waals surface area contributed by atoms with Crippen LogP contribution >= 0.6 is 0 Å². The van der Waals surface area contributed by atoms with Crippen LogP contribution in [0.15, 0.2) is 0 Å². The first-order valence-corrected chi connectivity index (χ1v) is 6.59. The molecule has 2 aliphatic heterocycles. The van der Waals surface area contributed by atoms with Crippen molar-refractivity contribution in [2.45, 2.75) is 12.5 Å². The van der Waals surface area contributed by atoms with Gasteiger partial charge >= 0.3 is 0 Å². The highest BCUT2D eigenvalue weighted by Gasteiger charge is 2.30. The summed E-state index contributed by atoms with van der Waals surface area (Å²) >= 11 is 0. The SMILES string of the molecule is O=S1(=O)CCCN1CC1CNCCO1. The van der Waals surface area contributed by atoms with Crippen molar-refractivity contribution < 1.29 is 13.2 Å². The van der Waals surface area contributed by atoms with E-state index in [1.165, 1.54) is 0 Å². The van der Waals surface area contributed by atoms with Crippen LogP contribution in [0.2, 0.25) is 0 Å². The molecule has 2 aliphatic rings. The monoisotopic (exact) mass is 220 g/mol. The second-order valence-corrected chi connectivity index (χ2v) is 5.81. The van der Waals surface area contributed by atoms with Crippen LogP contribution < -0.4 is 5.32 Å². The number of nitrogens with one attached hydrogen (secondary N) is 1. The summed E-state index contributed by atoms with van der Waals surface area (Å²) in [4.78, 5) is 0. The van der Waals surface area contributed by atoms with Crippen molar-refractivity contribution in [2.24, 2.45) is 0 Å². The fourth-order valence-corrected chi connectivity index (χ4v) is 3.41. The van der Waals surface area contributed by atoms with Crippen molar-refractivity contribution in [3.05, 3.63) is 0 Å². The zero-order valence-electron chi connectivity index (χ0n) is 8.11. The number of ether oxygens (including phenoxy) is 1. The third-order valence-corrected chi connectivity index (χ3v) is 4.54. The van der Waals surface area contributed by atoms with Gasteiger partial charge in [-0.05, 0) is 6.42 Å². The van der Waals surface area contributed by atoms with Crippen LogP contribution in [-0.2, 0) is 14.8 Å². The predicted octanol–water partition coefficient (Wildman–Crippen LogP) is -0.990. The maximum Gasteiger partial charge on any atom is 0.214 e. The van der Waals surface area contributed by atoms with Gasteiger partial charge in [0.25, 0.3) is 0 Å². The smallest absolute Gasteiger partial charge is 0.214 e. The first-order valence-electron chi connectivity index (χ1n) is 4.99. The van der Waals surface area contributed by atoms with Gasteiger partial charge in [-0.15, -0.1) is 0 Å². The van der Waals surface area contributed by atoms with E-state index in [0.717, 1.165) is 19.5 Å². The molecule has 0 spiro atoms. The van der Waals surface area contributed by atoms with Crippen molar-refractivity contribution in [3.8, 4) is 0 Å². The fourth-order valence-electron chi connectivity index (χ4n) is 1.86. The number of rotatable bonds is 2. The molecule has 2 heterocycles. The maximum atomic E-state index is 11.5. The second-order valence-electron chi connectivity index (χ2n) is 3.72. The highest BCUT2D eigenvalue weighted by molar-refractivity contribution is 7.89. The summed E-state index contributed by atoms with van der Waals surface area (Å²) in [6, 6.07) is 0. The first-order chi connectivity index (χ1) is 6.68. The van der Waals surface area contributed by atoms with Crippen LogP contribution in [0, 0.1) is 0 Å². The lowest BCUT2D eigenvalue weighted by atomic mass is 10.3. The molecule has 1 unspecified atom stereocenters. The molecule has 0 aromatic heterocycles. The minimum absolute atomic E-state index is 0.0247. The van der Waals surface area contributed by atoms with Gasteiger partial charge in [-0.3, -0.25) is 0 Å². The summed E-state index contributed by atoms with van der Waals surface area (Å²) in [6.45, 7) is 3.46. The molecule has 0 aliphatic carbocycles. The largest absolute Gasteiger partial charge is 0.374 e. The maximum absolute atomic E-state index is 11.5. The van der Waals surface area contributed by atoms with Crippen LogP contribution in [0.25, 0.3) is 0 Å². The van der Waals surface area contributed by atoms with Gasteiger partial charge in [-0.2, -0.15) is 4.31 Å². The minimum Gasteiger partial charge on any atom is -0.374 e. The van der Waals surface area contributed by atoms with E-state index in [4.69, 9.17) is 4.74 Å². The third-order valence-electron chi connectivity index (χ3n) is 2.61. The molecular weight excluding hydrogens is 204 g/mol. The average molecular weight is 220 g/mol. The molecular formula is C8H16N2O3S. The van der Waals surface area contributed by atoms with Gasteiger partial charge in [-0.25, -0.2) is 8.42 Å². The Morgan fingerprint density at radius 1 is 1.50 bits per heavy atom. The molecule has 0 saturated carbocycles. The van der Waals surface area contributed by atoms with Crippen LogP contribution in [0.4, 0.5) is 0 Å². The van der Waals surface area contributed by atoms with Gasteiger partial charge in [0.1, 0.15) is 0 Å². The van der Waals surface area contributed by atoms with Crippen molar-refractivity contribution in [3.63, 3.8) is 0 Å². The van der Waals surface area contributed by atoms with E-state index in [2.05, 4.69) is 5.32 Å². The molecule has 2 fully saturated rings. The molecule has 0 aromatic carbocycles. The number of sulfonamides is 1. The molecule has 2 rings (SSSR count). The Morgan fingerprint density at radius 2 is 2.36 bits per heavy atom. The van der Waals surface area contributed by atoms with Gasteiger partial charge in [0.2, 0.25) is 10.0 Å². The van der Waals surface area contributed by atoms with E-state index in [-0.39, 0.29) is 6.10 Å². The lowest BCUT2D eigenvalue weighted by molar-refractivity contribution is 0.0191. The lowest BCUT2D eigenvalue weighted by Gasteiger charge is -2.26. The summed E-state index contributed by atoms with van der Waals surface area (Å²) in [5.41, 5.74) is 0. The van der Waals surface area contributed by atoms with Gasteiger partial charge < -0.3 is 10.1 Å². The van der Waals surface area contributed by atoms with Crippen molar-refractivity contribution in [2.75, 3.05) is 38.5 Å². The summed E-state index contributed by atoms with van der Waals surface area (Å²) < 4.78 is 30.0. The third kappa shape index (κ3) is 2.25. The summed E-state index contributed by atoms with van der Waals surface area (Å²) in [6.07, 6.45) is 0.777. The first kappa shape index (κ1) is 10.4. The van der Waals surface area contributed by atoms with E-state index in [1.807, 2.05) is 0 Å². The molecule has 1 N–H and O–H groups in total. The summed E-state index contributed by atoms with van der Waals surface area (Å²) in [5, 5.41) is 3.19. The van der Waals surface area contributed by atoms with Gasteiger partial charge in [0.15, 0.2) is 0 Å². The zero-order chi connectivity index (χ0) is 10.0. The highest BCUT2D eigenvalue weighted by Crippen LogP contribution is 2.14. The number of hydrogen-bond acceptors (Lipinski definition) is 4. The van der Waals surface area contributed by atoms with Crippen molar-refractivity contribution in [1.29, 1.82) is 0 Å². The Labute approximate surface area is 84.5 Å². The summed E-state index contributed by atoms with van der Waals surface area (Å²) in [7, 11) is -2.96. The fraction of sp³-hybridized carbons (Fsp3) is 1.00. The molecule has 0 radical (unpaired) electrons. The molecule has 0 amide bonds. The standard InChI is InChI=1S/C8H16N2O3S/c11-14(12)5-1-3-10(14)7-8-6-9-2-4-13-8/h8-9H,1-7H2. The second kappa shape index (κ2) is 4.14. The number of nitrogens with zero attached hydrogens (tertiary/aromatic N) is 1. The molecule has 0 aromatic rings. The molecule has 1 atom stereocenters. The van der Waals surface area contributed by atoms with E-state index in [0.29, 0.717) is 25.4 Å². The molecule has 6 heteroatoms. The van der Waals surface area contributed by atoms with E-state index in [9.17, 15) is 8.42 Å². The number of hydrogen-bond donors (Lipinski definition) is 1. The predicted molar refractivity (Wildman–Crippen MR) is 52.6 cm³/mol. The zero-order valence-corrected chi connectivity index (χ0v) is 8.92. The average Bonchev–Trinajstić information content (AvgIpc) is 2.48. The highest BCUT2D eigenvalue weighted by atomic mass is 32.2. The van der Waals surface area contributed by atoms with Crippen molar-refractivity contribution in [1.82, 2.24) is 9.62 Å². The molecule has 2 saturated heterocycles. The molecule has 14 heavy (non-hydrogen) atoms. The molecule has 5 nitrogen and oxygen atoms in total. The Morgan fingerprint density at radius 3 is 2.93 bits per heavy atom. The topological polar surface area (TPSA) is 58.6 Å².